The maximum atomic E-state index is 12.4. The van der Waals surface area contributed by atoms with Gasteiger partial charge in [0.2, 0.25) is 0 Å². The van der Waals surface area contributed by atoms with E-state index in [9.17, 15) is 4.79 Å². The van der Waals surface area contributed by atoms with Gasteiger partial charge in [-0.2, -0.15) is 5.10 Å². The molecule has 3 aromatic rings. The lowest BCUT2D eigenvalue weighted by atomic mass is 10.1. The number of fused-ring (bicyclic) bond motifs is 1. The van der Waals surface area contributed by atoms with Gasteiger partial charge in [0.05, 0.1) is 23.4 Å². The van der Waals surface area contributed by atoms with Gasteiger partial charge in [-0.05, 0) is 18.8 Å². The molecule has 116 valence electrons. The Hall–Kier alpha value is -2.09. The molecule has 0 aliphatic rings. The van der Waals surface area contributed by atoms with Crippen LogP contribution in [0.5, 0.6) is 0 Å². The Balaban J connectivity index is 1.81. The van der Waals surface area contributed by atoms with Gasteiger partial charge in [0.15, 0.2) is 5.65 Å². The van der Waals surface area contributed by atoms with Crippen LogP contribution in [0.2, 0.25) is 0 Å². The highest BCUT2D eigenvalue weighted by atomic mass is 32.1. The van der Waals surface area contributed by atoms with Crippen molar-refractivity contribution in [3.05, 3.63) is 32.6 Å². The van der Waals surface area contributed by atoms with Gasteiger partial charge in [-0.25, -0.2) is 14.3 Å². The Kier molecular flexibility index (Phi) is 4.02. The van der Waals surface area contributed by atoms with Gasteiger partial charge in [0.25, 0.3) is 5.56 Å². The third-order valence-electron chi connectivity index (χ3n) is 3.47. The van der Waals surface area contributed by atoms with Gasteiger partial charge >= 0.3 is 0 Å². The van der Waals surface area contributed by atoms with E-state index in [0.717, 1.165) is 23.5 Å². The molecule has 22 heavy (non-hydrogen) atoms. The van der Waals surface area contributed by atoms with Crippen molar-refractivity contribution in [2.75, 3.05) is 0 Å². The first-order valence-corrected chi connectivity index (χ1v) is 8.11. The van der Waals surface area contributed by atoms with Crippen molar-refractivity contribution in [3.63, 3.8) is 0 Å². The number of aromatic nitrogens is 6. The van der Waals surface area contributed by atoms with E-state index in [0.29, 0.717) is 23.5 Å². The summed E-state index contributed by atoms with van der Waals surface area (Å²) in [5, 5.41) is 15.6. The zero-order chi connectivity index (χ0) is 15.7. The van der Waals surface area contributed by atoms with E-state index >= 15 is 0 Å². The van der Waals surface area contributed by atoms with Crippen LogP contribution in [0.25, 0.3) is 11.0 Å². The SMILES string of the molecule is CC(C)CCc1nc(Cn2nnc3c(cnn3C)c2=O)cs1. The summed E-state index contributed by atoms with van der Waals surface area (Å²) in [6.45, 7) is 4.74. The van der Waals surface area contributed by atoms with Crippen LogP contribution in [0.4, 0.5) is 0 Å². The number of hydrogen-bond acceptors (Lipinski definition) is 6. The molecular weight excluding hydrogens is 300 g/mol. The standard InChI is InChI=1S/C14H18N6OS/c1-9(2)4-5-12-16-10(8-22-12)7-20-14(21)11-6-15-19(3)13(11)17-18-20/h6,8-9H,4-5,7H2,1-3H3. The van der Waals surface area contributed by atoms with E-state index in [-0.39, 0.29) is 5.56 Å². The zero-order valence-electron chi connectivity index (χ0n) is 12.9. The van der Waals surface area contributed by atoms with Crippen LogP contribution in [0.3, 0.4) is 0 Å². The first-order valence-electron chi connectivity index (χ1n) is 7.23. The van der Waals surface area contributed by atoms with Crippen LogP contribution >= 0.6 is 11.3 Å². The van der Waals surface area contributed by atoms with Gasteiger partial charge in [0.1, 0.15) is 5.39 Å². The highest BCUT2D eigenvalue weighted by Gasteiger charge is 2.11. The molecule has 7 nitrogen and oxygen atoms in total. The van der Waals surface area contributed by atoms with Crippen LogP contribution in [0.15, 0.2) is 16.4 Å². The molecule has 0 spiro atoms. The quantitative estimate of drug-likeness (QED) is 0.714. The average molecular weight is 318 g/mol. The minimum atomic E-state index is -0.185. The highest BCUT2D eigenvalue weighted by Crippen LogP contribution is 2.15. The van der Waals surface area contributed by atoms with Crippen molar-refractivity contribution in [1.29, 1.82) is 0 Å². The van der Waals surface area contributed by atoms with E-state index in [4.69, 9.17) is 0 Å². The highest BCUT2D eigenvalue weighted by molar-refractivity contribution is 7.09. The molecule has 0 aromatic carbocycles. The van der Waals surface area contributed by atoms with Gasteiger partial charge < -0.3 is 0 Å². The molecule has 0 amide bonds. The van der Waals surface area contributed by atoms with Crippen molar-refractivity contribution in [2.24, 2.45) is 13.0 Å². The second-order valence-electron chi connectivity index (χ2n) is 5.72. The Labute approximate surface area is 131 Å². The number of nitrogens with zero attached hydrogens (tertiary/aromatic N) is 6. The molecule has 0 bridgehead atoms. The van der Waals surface area contributed by atoms with Crippen molar-refractivity contribution >= 4 is 22.4 Å². The van der Waals surface area contributed by atoms with E-state index in [1.54, 1.807) is 23.1 Å². The van der Waals surface area contributed by atoms with Crippen molar-refractivity contribution in [2.45, 2.75) is 33.2 Å². The van der Waals surface area contributed by atoms with Crippen molar-refractivity contribution in [3.8, 4) is 0 Å². The lowest BCUT2D eigenvalue weighted by Crippen LogP contribution is -2.24. The summed E-state index contributed by atoms with van der Waals surface area (Å²) in [6, 6.07) is 0. The van der Waals surface area contributed by atoms with Crippen LogP contribution in [0, 0.1) is 5.92 Å². The maximum Gasteiger partial charge on any atom is 0.281 e. The molecule has 3 aromatic heterocycles. The second kappa shape index (κ2) is 5.96. The van der Waals surface area contributed by atoms with Crippen LogP contribution in [0.1, 0.15) is 31.0 Å². The van der Waals surface area contributed by atoms with Gasteiger partial charge in [-0.1, -0.05) is 19.1 Å². The fourth-order valence-corrected chi connectivity index (χ4v) is 2.99. The molecule has 3 rings (SSSR count). The van der Waals surface area contributed by atoms with E-state index in [1.165, 1.54) is 10.9 Å². The van der Waals surface area contributed by atoms with E-state index in [1.807, 2.05) is 5.38 Å². The lowest BCUT2D eigenvalue weighted by Gasteiger charge is -2.02. The van der Waals surface area contributed by atoms with Gasteiger partial charge in [0, 0.05) is 12.4 Å². The zero-order valence-corrected chi connectivity index (χ0v) is 13.7. The fraction of sp³-hybridized carbons (Fsp3) is 0.500. The molecule has 0 saturated heterocycles. The molecule has 3 heterocycles. The lowest BCUT2D eigenvalue weighted by molar-refractivity contribution is 0.576. The molecule has 8 heteroatoms. The molecule has 0 atom stereocenters. The number of rotatable bonds is 5. The molecular formula is C14H18N6OS. The summed E-state index contributed by atoms with van der Waals surface area (Å²) >= 11 is 1.63. The number of thiazole rings is 1. The normalized spacial score (nSPS) is 11.6. The first kappa shape index (κ1) is 14.8. The van der Waals surface area contributed by atoms with Crippen molar-refractivity contribution in [1.82, 2.24) is 29.8 Å². The summed E-state index contributed by atoms with van der Waals surface area (Å²) < 4.78 is 2.88. The Morgan fingerprint density at radius 3 is 2.95 bits per heavy atom. The van der Waals surface area contributed by atoms with Crippen molar-refractivity contribution < 1.29 is 0 Å². The largest absolute Gasteiger partial charge is 0.281 e. The minimum Gasteiger partial charge on any atom is -0.267 e. The summed E-state index contributed by atoms with van der Waals surface area (Å²) in [7, 11) is 1.74. The average Bonchev–Trinajstić information content (AvgIpc) is 3.07. The smallest absolute Gasteiger partial charge is 0.267 e. The molecule has 0 saturated carbocycles. The molecule has 0 aliphatic carbocycles. The predicted octanol–water partition coefficient (Wildman–Crippen LogP) is 1.62. The topological polar surface area (TPSA) is 78.5 Å². The Morgan fingerprint density at radius 1 is 1.36 bits per heavy atom. The second-order valence-corrected chi connectivity index (χ2v) is 6.67. The third-order valence-corrected chi connectivity index (χ3v) is 4.42. The summed E-state index contributed by atoms with van der Waals surface area (Å²) in [5.41, 5.74) is 1.16. The summed E-state index contributed by atoms with van der Waals surface area (Å²) in [4.78, 5) is 16.9. The monoisotopic (exact) mass is 318 g/mol. The first-order chi connectivity index (χ1) is 10.5. The molecule has 0 unspecified atom stereocenters. The van der Waals surface area contributed by atoms with Crippen LogP contribution in [-0.4, -0.2) is 29.8 Å². The predicted molar refractivity (Wildman–Crippen MR) is 84.9 cm³/mol. The molecule has 0 N–H and O–H groups in total. The summed E-state index contributed by atoms with van der Waals surface area (Å²) in [5.74, 6) is 0.661. The molecule has 0 radical (unpaired) electrons. The fourth-order valence-electron chi connectivity index (χ4n) is 2.18. The molecule has 0 fully saturated rings. The van der Waals surface area contributed by atoms with Gasteiger partial charge in [-0.15, -0.1) is 16.4 Å². The molecule has 0 aliphatic heterocycles. The van der Waals surface area contributed by atoms with E-state index in [2.05, 4.69) is 34.2 Å². The van der Waals surface area contributed by atoms with Crippen LogP contribution < -0.4 is 5.56 Å². The Morgan fingerprint density at radius 2 is 2.18 bits per heavy atom. The van der Waals surface area contributed by atoms with Crippen LogP contribution in [-0.2, 0) is 20.0 Å². The van der Waals surface area contributed by atoms with Gasteiger partial charge in [-0.3, -0.25) is 4.79 Å². The Bertz CT molecular complexity index is 847. The third kappa shape index (κ3) is 2.92. The maximum absolute atomic E-state index is 12.4. The summed E-state index contributed by atoms with van der Waals surface area (Å²) in [6.07, 6.45) is 3.62. The van der Waals surface area contributed by atoms with E-state index < -0.39 is 0 Å². The number of aryl methyl sites for hydroxylation is 2. The number of hydrogen-bond donors (Lipinski definition) is 0. The minimum absolute atomic E-state index is 0.185.